The molecule has 0 fully saturated rings. The fourth-order valence-corrected chi connectivity index (χ4v) is 19.3. The number of fused-ring (bicyclic) bond motifs is 3. The second kappa shape index (κ2) is 29.6. The fraction of sp³-hybridized carbons (Fsp3) is 0.282. The van der Waals surface area contributed by atoms with Gasteiger partial charge in [-0.2, -0.15) is 34.0 Å². The molecule has 13 rings (SSSR count). The Morgan fingerprint density at radius 3 is 1.48 bits per heavy atom. The molecule has 8 aliphatic carbocycles. The van der Waals surface area contributed by atoms with E-state index in [2.05, 4.69) is 257 Å². The topological polar surface area (TPSA) is 60.5 Å². The van der Waals surface area contributed by atoms with Crippen molar-refractivity contribution in [2.45, 2.75) is 104 Å². The van der Waals surface area contributed by atoms with E-state index in [1.54, 1.807) is 23.1 Å². The van der Waals surface area contributed by atoms with Crippen LogP contribution in [0.3, 0.4) is 0 Å². The molecule has 6 nitrogen and oxygen atoms in total. The summed E-state index contributed by atoms with van der Waals surface area (Å²) in [5.74, 6) is 0.313. The summed E-state index contributed by atoms with van der Waals surface area (Å²) < 4.78 is 0. The molecule has 2 heterocycles. The Bertz CT molecular complexity index is 4120. The van der Waals surface area contributed by atoms with Crippen LogP contribution >= 0.6 is 93.2 Å². The van der Waals surface area contributed by atoms with Gasteiger partial charge in [-0.3, -0.25) is 0 Å². The van der Waals surface area contributed by atoms with Crippen LogP contribution in [0.25, 0.3) is 25.8 Å². The summed E-state index contributed by atoms with van der Waals surface area (Å²) >= 11 is 14.8. The third-order valence-electron chi connectivity index (χ3n) is 18.7. The number of hydrogen-bond acceptors (Lipinski definition) is 14. The van der Waals surface area contributed by atoms with Gasteiger partial charge in [-0.25, -0.2) is 0 Å². The van der Waals surface area contributed by atoms with E-state index in [0.29, 0.717) is 16.4 Å². The van der Waals surface area contributed by atoms with Gasteiger partial charge >= 0.3 is 0 Å². The summed E-state index contributed by atoms with van der Waals surface area (Å²) in [4.78, 5) is 20.3. The van der Waals surface area contributed by atoms with E-state index < -0.39 is 0 Å². The van der Waals surface area contributed by atoms with Crippen molar-refractivity contribution in [2.75, 3.05) is 52.2 Å². The van der Waals surface area contributed by atoms with Crippen LogP contribution in [0.2, 0.25) is 0 Å². The predicted octanol–water partition coefficient (Wildman–Crippen LogP) is 22.7. The molecule has 14 heteroatoms. The second-order valence-corrected chi connectivity index (χ2v) is 31.7. The molecule has 0 radical (unpaired) electrons. The Kier molecular flexibility index (Phi) is 20.7. The van der Waals surface area contributed by atoms with E-state index in [9.17, 15) is 10.5 Å². The zero-order valence-electron chi connectivity index (χ0n) is 53.0. The largest absolute Gasteiger partial charge is 0.338 e. The van der Waals surface area contributed by atoms with Crippen molar-refractivity contribution >= 4 is 122 Å². The summed E-state index contributed by atoms with van der Waals surface area (Å²) in [6.45, 7) is 0. The van der Waals surface area contributed by atoms with Crippen molar-refractivity contribution < 1.29 is 0 Å². The zero-order chi connectivity index (χ0) is 63.2. The molecule has 5 unspecified atom stereocenters. The Morgan fingerprint density at radius 2 is 1.01 bits per heavy atom. The number of benzene rings is 3. The Labute approximate surface area is 579 Å². The smallest absolute Gasteiger partial charge is 0.138 e. The first-order valence-corrected chi connectivity index (χ1v) is 40.9. The molecule has 2 aromatic heterocycles. The van der Waals surface area contributed by atoms with Crippen LogP contribution in [0.1, 0.15) is 92.6 Å². The van der Waals surface area contributed by atoms with Crippen LogP contribution in [0.5, 0.6) is 0 Å². The number of rotatable bonds is 20. The standard InChI is InChI=1S/C78H76N6S8/c1-85-66-35-23-60(24-36-66)81(56-15-19-58(20-16-56)83(62-27-39-68(87-3)40-28-62)63-29-41-69(88-4)42-30-63)54-11-7-51(8-12-54)74-47-72-76(53(49-79)50-80)73-48-75(92-78(73)77(72)91-74)52-9-13-55(14-10-52)82(61-25-37-67(86-2)38-26-61)57-17-21-59(22-18-57)84(64-31-43-70(89-5)44-32-64)65-33-45-71(90-6)46-34-65/h7-8,11-13,15,17-23,25-31,33,35,37-39,41,43-45,47-48,52,56,64,68-69H,9-10,14,16,24,32,34,36,40,42,46H2,1-6H3. The van der Waals surface area contributed by atoms with Crippen LogP contribution in [0.15, 0.2) is 248 Å². The lowest BCUT2D eigenvalue weighted by molar-refractivity contribution is 0.552. The lowest BCUT2D eigenvalue weighted by atomic mass is 9.89. The molecule has 0 spiro atoms. The van der Waals surface area contributed by atoms with E-state index in [1.165, 1.54) is 74.9 Å². The highest BCUT2D eigenvalue weighted by Gasteiger charge is 2.35. The van der Waals surface area contributed by atoms with Crippen LogP contribution in [0, 0.1) is 22.7 Å². The van der Waals surface area contributed by atoms with Gasteiger partial charge in [0.1, 0.15) is 17.7 Å². The quantitative estimate of drug-likeness (QED) is 0.0540. The van der Waals surface area contributed by atoms with E-state index in [0.717, 1.165) is 114 Å². The first-order valence-electron chi connectivity index (χ1n) is 31.8. The van der Waals surface area contributed by atoms with E-state index in [-0.39, 0.29) is 17.7 Å². The van der Waals surface area contributed by atoms with Crippen LogP contribution in [-0.2, 0) is 0 Å². The van der Waals surface area contributed by atoms with Gasteiger partial charge in [-0.1, -0.05) is 85.0 Å². The normalized spacial score (nSPS) is 21.4. The minimum absolute atomic E-state index is 0.138. The van der Waals surface area contributed by atoms with Gasteiger partial charge in [-0.15, -0.1) is 69.7 Å². The first kappa shape index (κ1) is 64.4. The molecule has 0 saturated carbocycles. The Hall–Kier alpha value is -6.30. The van der Waals surface area contributed by atoms with Gasteiger partial charge < -0.3 is 19.6 Å². The molecule has 8 aliphatic rings. The van der Waals surface area contributed by atoms with Gasteiger partial charge in [0.2, 0.25) is 0 Å². The lowest BCUT2D eigenvalue weighted by Crippen LogP contribution is -2.35. The molecule has 5 aromatic rings. The third kappa shape index (κ3) is 13.5. The summed E-state index contributed by atoms with van der Waals surface area (Å²) in [5, 5.41) is 22.1. The van der Waals surface area contributed by atoms with Crippen molar-refractivity contribution in [3.05, 3.63) is 259 Å². The van der Waals surface area contributed by atoms with Crippen LogP contribution in [0.4, 0.5) is 22.7 Å². The second-order valence-electron chi connectivity index (χ2n) is 23.8. The first-order chi connectivity index (χ1) is 45.2. The summed E-state index contributed by atoms with van der Waals surface area (Å²) in [6, 6.07) is 37.0. The highest BCUT2D eigenvalue weighted by atomic mass is 32.2. The monoisotopic (exact) mass is 1350 g/mol. The summed E-state index contributed by atoms with van der Waals surface area (Å²) in [6.07, 6.45) is 64.1. The minimum Gasteiger partial charge on any atom is -0.338 e. The molecule has 466 valence electrons. The number of allylic oxidation sites excluding steroid dienone is 17. The Morgan fingerprint density at radius 1 is 0.478 bits per heavy atom. The van der Waals surface area contributed by atoms with Crippen molar-refractivity contribution in [3.8, 4) is 32.3 Å². The molecule has 0 bridgehead atoms. The fourth-order valence-electron chi connectivity index (χ4n) is 13.7. The molecule has 0 saturated heterocycles. The number of thiophene rings is 2. The molecular weight excluding hydrogens is 1280 g/mol. The van der Waals surface area contributed by atoms with Crippen molar-refractivity contribution in [1.82, 2.24) is 4.90 Å². The maximum atomic E-state index is 10.5. The Balaban J connectivity index is 0.762. The molecule has 5 atom stereocenters. The van der Waals surface area contributed by atoms with Gasteiger partial charge in [0, 0.05) is 104 Å². The number of hydrogen-bond donors (Lipinski definition) is 0. The number of thioether (sulfide) groups is 6. The molecule has 0 amide bonds. The molecule has 0 N–H and O–H groups in total. The van der Waals surface area contributed by atoms with E-state index in [1.807, 2.05) is 70.1 Å². The van der Waals surface area contributed by atoms with Crippen LogP contribution < -0.4 is 14.7 Å². The van der Waals surface area contributed by atoms with E-state index >= 15 is 0 Å². The predicted molar refractivity (Wildman–Crippen MR) is 409 cm³/mol. The highest BCUT2D eigenvalue weighted by Crippen LogP contribution is 2.57. The number of nitriles is 2. The average molecular weight is 1350 g/mol. The average Bonchev–Trinajstić information content (AvgIpc) is 1.56. The summed E-state index contributed by atoms with van der Waals surface area (Å²) in [5.41, 5.74) is 16.5. The lowest BCUT2D eigenvalue weighted by Gasteiger charge is -2.38. The van der Waals surface area contributed by atoms with Gasteiger partial charge in [0.15, 0.2) is 0 Å². The SMILES string of the molecule is CSC1=CCC(N(C2=CC=C(SC)CC2)c2ccc(N(C3=CCC(c4cc5c(s4)-c4sc(-c6ccc(N(C7=CC=C(SC)CC7)C7C=CC(N(C8=CCC(SC)C=C8)C8=CCC(SC)C=C8)=CC7)cc6)cc4C5=C(C#N)C#N)CC3)c3ccc(SC)cc3)cc2)C=C1. The summed E-state index contributed by atoms with van der Waals surface area (Å²) in [7, 11) is 0. The van der Waals surface area contributed by atoms with Crippen molar-refractivity contribution in [2.24, 2.45) is 0 Å². The molecular formula is C78H76N6S8. The van der Waals surface area contributed by atoms with E-state index in [4.69, 9.17) is 0 Å². The van der Waals surface area contributed by atoms with Crippen molar-refractivity contribution in [3.63, 3.8) is 0 Å². The highest BCUT2D eigenvalue weighted by molar-refractivity contribution is 8.03. The maximum Gasteiger partial charge on any atom is 0.138 e. The number of anilines is 4. The third-order valence-corrected chi connectivity index (χ3v) is 26.5. The maximum absolute atomic E-state index is 10.5. The number of nitrogens with zero attached hydrogens (tertiary/aromatic N) is 6. The molecule has 0 aliphatic heterocycles. The molecule has 3 aromatic carbocycles. The van der Waals surface area contributed by atoms with Gasteiger partial charge in [0.05, 0.1) is 21.8 Å². The zero-order valence-corrected chi connectivity index (χ0v) is 59.5. The van der Waals surface area contributed by atoms with Gasteiger partial charge in [0.25, 0.3) is 0 Å². The van der Waals surface area contributed by atoms with Crippen LogP contribution in [-0.4, -0.2) is 65.0 Å². The van der Waals surface area contributed by atoms with Gasteiger partial charge in [-0.05, 0) is 233 Å². The minimum atomic E-state index is 0.138. The molecule has 92 heavy (non-hydrogen) atoms. The van der Waals surface area contributed by atoms with Crippen molar-refractivity contribution in [1.29, 1.82) is 10.5 Å².